The van der Waals surface area contributed by atoms with Crippen LogP contribution in [0.1, 0.15) is 11.1 Å². The highest BCUT2D eigenvalue weighted by Crippen LogP contribution is 2.29. The molecule has 0 spiro atoms. The fourth-order valence-electron chi connectivity index (χ4n) is 1.93. The lowest BCUT2D eigenvalue weighted by Crippen LogP contribution is -2.00. The van der Waals surface area contributed by atoms with Crippen molar-refractivity contribution >= 4 is 5.69 Å². The minimum atomic E-state index is 0.424. The molecule has 0 aromatic heterocycles. The van der Waals surface area contributed by atoms with Crippen LogP contribution in [0.15, 0.2) is 36.4 Å². The van der Waals surface area contributed by atoms with Crippen molar-refractivity contribution in [2.24, 2.45) is 0 Å². The second kappa shape index (κ2) is 6.19. The molecule has 0 saturated heterocycles. The fourth-order valence-corrected chi connectivity index (χ4v) is 1.93. The number of benzene rings is 2. The van der Waals surface area contributed by atoms with Gasteiger partial charge in [0.25, 0.3) is 0 Å². The average Bonchev–Trinajstić information content (AvgIpc) is 2.46. The zero-order valence-electron chi connectivity index (χ0n) is 12.0. The molecule has 2 N–H and O–H groups in total. The van der Waals surface area contributed by atoms with Crippen LogP contribution in [-0.4, -0.2) is 14.2 Å². The van der Waals surface area contributed by atoms with Crippen molar-refractivity contribution in [2.75, 3.05) is 20.0 Å². The summed E-state index contributed by atoms with van der Waals surface area (Å²) in [6.07, 6.45) is 0. The summed E-state index contributed by atoms with van der Waals surface area (Å²) < 4.78 is 16.2. The molecular weight excluding hydrogens is 254 g/mol. The van der Waals surface area contributed by atoms with E-state index in [0.717, 1.165) is 11.1 Å². The van der Waals surface area contributed by atoms with Crippen LogP contribution in [0.25, 0.3) is 0 Å². The maximum atomic E-state index is 5.92. The van der Waals surface area contributed by atoms with Crippen LogP contribution in [0.2, 0.25) is 0 Å². The molecular formula is C16H19NO3. The molecule has 20 heavy (non-hydrogen) atoms. The van der Waals surface area contributed by atoms with Gasteiger partial charge in [0, 0.05) is 0 Å². The fraction of sp³-hybridized carbons (Fsp3) is 0.250. The standard InChI is InChI=1S/C16H19NO3/c1-11-4-6-14(13(17)8-11)20-10-12-5-7-15(18-2)16(9-12)19-3/h4-9H,10,17H2,1-3H3. The third-order valence-electron chi connectivity index (χ3n) is 3.01. The van der Waals surface area contributed by atoms with Gasteiger partial charge in [0.1, 0.15) is 12.4 Å². The maximum absolute atomic E-state index is 5.92. The molecule has 0 aliphatic carbocycles. The van der Waals surface area contributed by atoms with Crippen molar-refractivity contribution in [2.45, 2.75) is 13.5 Å². The summed E-state index contributed by atoms with van der Waals surface area (Å²) in [5, 5.41) is 0. The first kappa shape index (κ1) is 14.1. The Hall–Kier alpha value is -2.36. The molecule has 0 radical (unpaired) electrons. The number of hydrogen-bond acceptors (Lipinski definition) is 4. The first-order valence-corrected chi connectivity index (χ1v) is 6.34. The topological polar surface area (TPSA) is 53.7 Å². The van der Waals surface area contributed by atoms with Crippen LogP contribution in [0.4, 0.5) is 5.69 Å². The van der Waals surface area contributed by atoms with Gasteiger partial charge < -0.3 is 19.9 Å². The quantitative estimate of drug-likeness (QED) is 0.850. The summed E-state index contributed by atoms with van der Waals surface area (Å²) in [5.41, 5.74) is 8.66. The first-order valence-electron chi connectivity index (χ1n) is 6.34. The van der Waals surface area contributed by atoms with Crippen molar-refractivity contribution in [1.82, 2.24) is 0 Å². The van der Waals surface area contributed by atoms with Crippen LogP contribution in [0.5, 0.6) is 17.2 Å². The molecule has 0 unspecified atom stereocenters. The monoisotopic (exact) mass is 273 g/mol. The number of aryl methyl sites for hydroxylation is 1. The van der Waals surface area contributed by atoms with Gasteiger partial charge in [-0.1, -0.05) is 12.1 Å². The molecule has 0 saturated carbocycles. The van der Waals surface area contributed by atoms with E-state index in [1.165, 1.54) is 0 Å². The van der Waals surface area contributed by atoms with Gasteiger partial charge in [-0.2, -0.15) is 0 Å². The predicted molar refractivity (Wildman–Crippen MR) is 79.5 cm³/mol. The Kier molecular flexibility index (Phi) is 4.35. The van der Waals surface area contributed by atoms with Gasteiger partial charge in [0.15, 0.2) is 11.5 Å². The van der Waals surface area contributed by atoms with Gasteiger partial charge in [-0.3, -0.25) is 0 Å². The number of ether oxygens (including phenoxy) is 3. The van der Waals surface area contributed by atoms with Crippen LogP contribution < -0.4 is 19.9 Å². The second-order valence-electron chi connectivity index (χ2n) is 4.52. The Labute approximate surface area is 119 Å². The van der Waals surface area contributed by atoms with E-state index >= 15 is 0 Å². The largest absolute Gasteiger partial charge is 0.493 e. The SMILES string of the molecule is COc1ccc(COc2ccc(C)cc2N)cc1OC. The molecule has 2 rings (SSSR count). The van der Waals surface area contributed by atoms with Gasteiger partial charge in [0.05, 0.1) is 19.9 Å². The number of methoxy groups -OCH3 is 2. The summed E-state index contributed by atoms with van der Waals surface area (Å²) in [5.74, 6) is 2.07. The maximum Gasteiger partial charge on any atom is 0.161 e. The van der Waals surface area contributed by atoms with Gasteiger partial charge in [-0.25, -0.2) is 0 Å². The highest BCUT2D eigenvalue weighted by molar-refractivity contribution is 5.54. The van der Waals surface area contributed by atoms with E-state index in [0.29, 0.717) is 29.5 Å². The van der Waals surface area contributed by atoms with Gasteiger partial charge >= 0.3 is 0 Å². The molecule has 0 bridgehead atoms. The van der Waals surface area contributed by atoms with Crippen LogP contribution in [-0.2, 0) is 6.61 Å². The van der Waals surface area contributed by atoms with Crippen molar-refractivity contribution in [1.29, 1.82) is 0 Å². The molecule has 0 heterocycles. The zero-order chi connectivity index (χ0) is 14.5. The smallest absolute Gasteiger partial charge is 0.161 e. The van der Waals surface area contributed by atoms with Crippen molar-refractivity contribution in [3.05, 3.63) is 47.5 Å². The molecule has 0 atom stereocenters. The summed E-state index contributed by atoms with van der Waals surface area (Å²) in [4.78, 5) is 0. The number of nitrogens with two attached hydrogens (primary N) is 1. The third kappa shape index (κ3) is 3.15. The number of anilines is 1. The van der Waals surface area contributed by atoms with Gasteiger partial charge in [-0.05, 0) is 42.3 Å². The Morgan fingerprint density at radius 1 is 0.900 bits per heavy atom. The van der Waals surface area contributed by atoms with E-state index in [9.17, 15) is 0 Å². The highest BCUT2D eigenvalue weighted by atomic mass is 16.5. The van der Waals surface area contributed by atoms with Crippen LogP contribution >= 0.6 is 0 Å². The van der Waals surface area contributed by atoms with Crippen molar-refractivity contribution in [3.63, 3.8) is 0 Å². The lowest BCUT2D eigenvalue weighted by molar-refractivity contribution is 0.305. The molecule has 4 nitrogen and oxygen atoms in total. The highest BCUT2D eigenvalue weighted by Gasteiger charge is 2.06. The van der Waals surface area contributed by atoms with Crippen LogP contribution in [0, 0.1) is 6.92 Å². The molecule has 0 amide bonds. The molecule has 106 valence electrons. The summed E-state index contributed by atoms with van der Waals surface area (Å²) in [7, 11) is 3.22. The second-order valence-corrected chi connectivity index (χ2v) is 4.52. The third-order valence-corrected chi connectivity index (χ3v) is 3.01. The first-order chi connectivity index (χ1) is 9.63. The van der Waals surface area contributed by atoms with E-state index < -0.39 is 0 Å². The molecule has 4 heteroatoms. The Morgan fingerprint density at radius 3 is 2.25 bits per heavy atom. The van der Waals surface area contributed by atoms with E-state index in [1.807, 2.05) is 43.3 Å². The minimum Gasteiger partial charge on any atom is -0.493 e. The Morgan fingerprint density at radius 2 is 1.60 bits per heavy atom. The van der Waals surface area contributed by atoms with E-state index in [1.54, 1.807) is 14.2 Å². The summed E-state index contributed by atoms with van der Waals surface area (Å²) in [6, 6.07) is 11.4. The minimum absolute atomic E-state index is 0.424. The molecule has 2 aromatic rings. The summed E-state index contributed by atoms with van der Waals surface area (Å²) in [6.45, 7) is 2.42. The lowest BCUT2D eigenvalue weighted by atomic mass is 10.2. The normalized spacial score (nSPS) is 10.2. The molecule has 0 aliphatic heterocycles. The van der Waals surface area contributed by atoms with Crippen LogP contribution in [0.3, 0.4) is 0 Å². The Bertz CT molecular complexity index is 596. The zero-order valence-corrected chi connectivity index (χ0v) is 12.0. The molecule has 0 fully saturated rings. The van der Waals surface area contributed by atoms with E-state index in [2.05, 4.69) is 0 Å². The van der Waals surface area contributed by atoms with Crippen molar-refractivity contribution in [3.8, 4) is 17.2 Å². The number of hydrogen-bond donors (Lipinski definition) is 1. The van der Waals surface area contributed by atoms with E-state index in [4.69, 9.17) is 19.9 Å². The predicted octanol–water partition coefficient (Wildman–Crippen LogP) is 3.17. The lowest BCUT2D eigenvalue weighted by Gasteiger charge is -2.12. The number of rotatable bonds is 5. The number of nitrogen functional groups attached to an aromatic ring is 1. The molecule has 0 aliphatic rings. The van der Waals surface area contributed by atoms with Crippen molar-refractivity contribution < 1.29 is 14.2 Å². The van der Waals surface area contributed by atoms with Gasteiger partial charge in [0.2, 0.25) is 0 Å². The Balaban J connectivity index is 2.10. The van der Waals surface area contributed by atoms with E-state index in [-0.39, 0.29) is 0 Å². The summed E-state index contributed by atoms with van der Waals surface area (Å²) >= 11 is 0. The van der Waals surface area contributed by atoms with Gasteiger partial charge in [-0.15, -0.1) is 0 Å². The average molecular weight is 273 g/mol. The molecule has 2 aromatic carbocycles.